The standard InChI is InChI=1S/C40H54N2O4/c1-5-6-9-32-25-42-38(46-32)40(19-20-40)35(37(45)29-16-21-41-22-17-29)13-10-26(2)33-14-15-34-28(8-7-18-39(33,34)4)11-12-30-23-31(43)24-36(44)27(30)3/h11-12,16-17,21-22,25-26,31,33-36,43-44H,3,5-10,13-15,18-20,23-24H2,1-2,4H3/t26-,31-,33-,34+,35+,36+,39-/m1/s1. The fraction of sp³-hybridized carbons (Fsp3) is 0.625. The molecule has 0 aromatic carbocycles. The van der Waals surface area contributed by atoms with Crippen molar-refractivity contribution in [2.45, 2.75) is 128 Å². The number of nitrogens with zero attached hydrogens (tertiary/aromatic N) is 2. The number of ketones is 1. The number of hydrogen-bond acceptors (Lipinski definition) is 6. The second-order valence-corrected chi connectivity index (χ2v) is 15.3. The van der Waals surface area contributed by atoms with E-state index in [0.29, 0.717) is 30.6 Å². The fourth-order valence-corrected chi connectivity index (χ4v) is 9.54. The summed E-state index contributed by atoms with van der Waals surface area (Å²) >= 11 is 0. The second kappa shape index (κ2) is 13.7. The second-order valence-electron chi connectivity index (χ2n) is 15.3. The summed E-state index contributed by atoms with van der Waals surface area (Å²) in [6.07, 6.45) is 22.3. The number of hydrogen-bond donors (Lipinski definition) is 2. The molecular weight excluding hydrogens is 572 g/mol. The summed E-state index contributed by atoms with van der Waals surface area (Å²) in [5.74, 6) is 3.42. The topological polar surface area (TPSA) is 96.5 Å². The van der Waals surface area contributed by atoms with Crippen LogP contribution in [0.5, 0.6) is 0 Å². The molecule has 2 aromatic rings. The highest BCUT2D eigenvalue weighted by molar-refractivity contribution is 5.99. The Morgan fingerprint density at radius 3 is 2.67 bits per heavy atom. The van der Waals surface area contributed by atoms with Crippen LogP contribution in [0.25, 0.3) is 0 Å². The number of Topliss-reactive ketones (excluding diaryl/α,β-unsaturated/α-hetero) is 1. The Morgan fingerprint density at radius 1 is 1.15 bits per heavy atom. The van der Waals surface area contributed by atoms with Crippen molar-refractivity contribution in [3.05, 3.63) is 83.4 Å². The molecule has 4 aliphatic carbocycles. The molecule has 6 rings (SSSR count). The zero-order valence-corrected chi connectivity index (χ0v) is 28.2. The minimum absolute atomic E-state index is 0.150. The predicted octanol–water partition coefficient (Wildman–Crippen LogP) is 8.50. The number of fused-ring (bicyclic) bond motifs is 1. The van der Waals surface area contributed by atoms with Gasteiger partial charge in [0.05, 0.1) is 23.8 Å². The molecule has 4 saturated carbocycles. The van der Waals surface area contributed by atoms with Gasteiger partial charge in [-0.05, 0) is 117 Å². The van der Waals surface area contributed by atoms with Crippen LogP contribution in [0.1, 0.15) is 126 Å². The van der Waals surface area contributed by atoms with Crippen molar-refractivity contribution in [3.63, 3.8) is 0 Å². The van der Waals surface area contributed by atoms with Gasteiger partial charge in [0.2, 0.25) is 5.89 Å². The monoisotopic (exact) mass is 626 g/mol. The predicted molar refractivity (Wildman–Crippen MR) is 181 cm³/mol. The number of unbranched alkanes of at least 4 members (excludes halogenated alkanes) is 1. The van der Waals surface area contributed by atoms with Gasteiger partial charge in [-0.25, -0.2) is 4.98 Å². The van der Waals surface area contributed by atoms with Crippen molar-refractivity contribution in [1.82, 2.24) is 9.97 Å². The van der Waals surface area contributed by atoms with E-state index in [4.69, 9.17) is 9.40 Å². The van der Waals surface area contributed by atoms with E-state index in [-0.39, 0.29) is 22.5 Å². The molecule has 46 heavy (non-hydrogen) atoms. The average molecular weight is 627 g/mol. The Hall–Kier alpha value is -2.83. The summed E-state index contributed by atoms with van der Waals surface area (Å²) in [6, 6.07) is 3.71. The van der Waals surface area contributed by atoms with Crippen molar-refractivity contribution >= 4 is 5.78 Å². The number of aryl methyl sites for hydroxylation is 1. The van der Waals surface area contributed by atoms with E-state index < -0.39 is 12.2 Å². The first-order valence-electron chi connectivity index (χ1n) is 18.0. The number of allylic oxidation sites excluding steroid dienone is 3. The highest BCUT2D eigenvalue weighted by Gasteiger charge is 2.57. The Morgan fingerprint density at radius 2 is 1.93 bits per heavy atom. The van der Waals surface area contributed by atoms with Crippen molar-refractivity contribution in [1.29, 1.82) is 0 Å². The maximum absolute atomic E-state index is 14.2. The molecule has 6 nitrogen and oxygen atoms in total. The summed E-state index contributed by atoms with van der Waals surface area (Å²) in [6.45, 7) is 11.2. The van der Waals surface area contributed by atoms with Gasteiger partial charge in [0.25, 0.3) is 0 Å². The van der Waals surface area contributed by atoms with E-state index in [1.165, 1.54) is 31.3 Å². The summed E-state index contributed by atoms with van der Waals surface area (Å²) in [5, 5.41) is 20.6. The van der Waals surface area contributed by atoms with Crippen LogP contribution in [0.15, 0.2) is 70.6 Å². The molecule has 0 bridgehead atoms. The molecular formula is C40H54N2O4. The number of pyridine rings is 1. The van der Waals surface area contributed by atoms with Gasteiger partial charge in [0.1, 0.15) is 5.76 Å². The van der Waals surface area contributed by atoms with Crippen LogP contribution in [0.3, 0.4) is 0 Å². The normalized spacial score (nSPS) is 32.0. The van der Waals surface area contributed by atoms with Crippen LogP contribution in [0.4, 0.5) is 0 Å². The van der Waals surface area contributed by atoms with Crippen molar-refractivity contribution in [2.24, 2.45) is 29.1 Å². The Labute approximate surface area is 275 Å². The number of carbonyl (C=O) groups excluding carboxylic acids is 1. The third kappa shape index (κ3) is 6.49. The minimum Gasteiger partial charge on any atom is -0.445 e. The molecule has 0 amide bonds. The zero-order valence-electron chi connectivity index (χ0n) is 28.2. The molecule has 2 aromatic heterocycles. The number of aliphatic hydroxyl groups is 2. The molecule has 0 spiro atoms. The third-order valence-corrected chi connectivity index (χ3v) is 12.4. The van der Waals surface area contributed by atoms with E-state index in [2.05, 4.69) is 44.5 Å². The summed E-state index contributed by atoms with van der Waals surface area (Å²) < 4.78 is 6.35. The van der Waals surface area contributed by atoms with E-state index in [1.54, 1.807) is 12.4 Å². The lowest BCUT2D eigenvalue weighted by Crippen LogP contribution is -2.36. The van der Waals surface area contributed by atoms with Crippen LogP contribution in [-0.2, 0) is 11.8 Å². The largest absolute Gasteiger partial charge is 0.445 e. The lowest BCUT2D eigenvalue weighted by molar-refractivity contribution is 0.0792. The van der Waals surface area contributed by atoms with Crippen LogP contribution < -0.4 is 0 Å². The first-order valence-corrected chi connectivity index (χ1v) is 18.0. The number of carbonyl (C=O) groups is 1. The van der Waals surface area contributed by atoms with E-state index in [9.17, 15) is 15.0 Å². The molecule has 0 aliphatic heterocycles. The molecule has 2 N–H and O–H groups in total. The van der Waals surface area contributed by atoms with Crippen LogP contribution in [0.2, 0.25) is 0 Å². The molecule has 0 saturated heterocycles. The van der Waals surface area contributed by atoms with Crippen LogP contribution in [-0.4, -0.2) is 38.2 Å². The third-order valence-electron chi connectivity index (χ3n) is 12.4. The molecule has 7 atom stereocenters. The van der Waals surface area contributed by atoms with Crippen LogP contribution in [0, 0.1) is 29.1 Å². The maximum atomic E-state index is 14.2. The Kier molecular flexibility index (Phi) is 9.87. The van der Waals surface area contributed by atoms with Crippen molar-refractivity contribution in [3.8, 4) is 0 Å². The number of oxazole rings is 1. The number of rotatable bonds is 12. The van der Waals surface area contributed by atoms with Gasteiger partial charge in [-0.2, -0.15) is 0 Å². The van der Waals surface area contributed by atoms with Gasteiger partial charge in [-0.1, -0.05) is 51.5 Å². The summed E-state index contributed by atoms with van der Waals surface area (Å²) in [5.41, 5.74) is 3.93. The Balaban J connectivity index is 1.19. The first-order chi connectivity index (χ1) is 22.2. The number of aliphatic hydroxyl groups excluding tert-OH is 2. The molecule has 6 heteroatoms. The van der Waals surface area contributed by atoms with E-state index in [0.717, 1.165) is 79.7 Å². The zero-order chi connectivity index (χ0) is 32.5. The number of aromatic nitrogens is 2. The smallest absolute Gasteiger partial charge is 0.201 e. The van der Waals surface area contributed by atoms with Gasteiger partial charge in [-0.3, -0.25) is 9.78 Å². The molecule has 0 unspecified atom stereocenters. The van der Waals surface area contributed by atoms with Crippen LogP contribution >= 0.6 is 0 Å². The fourth-order valence-electron chi connectivity index (χ4n) is 9.54. The highest BCUT2D eigenvalue weighted by Crippen LogP contribution is 2.61. The minimum atomic E-state index is -0.655. The van der Waals surface area contributed by atoms with Crippen molar-refractivity contribution < 1.29 is 19.4 Å². The average Bonchev–Trinajstić information content (AvgIpc) is 3.55. The van der Waals surface area contributed by atoms with Gasteiger partial charge < -0.3 is 14.6 Å². The van der Waals surface area contributed by atoms with Gasteiger partial charge in [0, 0.05) is 36.7 Å². The lowest BCUT2D eigenvalue weighted by atomic mass is 9.60. The SMILES string of the molecule is C=C1C(=CC=C2CCC[C@]3(C)[C@@H]([C@H](C)CC[C@@H](C(=O)c4ccncc4)C4(c5ncc(CCCC)o5)CC4)CC[C@@H]23)C[C@@H](O)C[C@@H]1O. The van der Waals surface area contributed by atoms with Gasteiger partial charge in [0.15, 0.2) is 5.78 Å². The molecule has 0 radical (unpaired) electrons. The molecule has 4 aliphatic rings. The lowest BCUT2D eigenvalue weighted by Gasteiger charge is -2.44. The van der Waals surface area contributed by atoms with Gasteiger partial charge in [-0.15, -0.1) is 0 Å². The summed E-state index contributed by atoms with van der Waals surface area (Å²) in [7, 11) is 0. The Bertz CT molecular complexity index is 1450. The molecule has 4 fully saturated rings. The van der Waals surface area contributed by atoms with Crippen molar-refractivity contribution in [2.75, 3.05) is 0 Å². The van der Waals surface area contributed by atoms with E-state index in [1.807, 2.05) is 18.3 Å². The molecule has 248 valence electrons. The maximum Gasteiger partial charge on any atom is 0.201 e. The first kappa shape index (κ1) is 33.1. The molecule has 2 heterocycles. The van der Waals surface area contributed by atoms with E-state index >= 15 is 0 Å². The van der Waals surface area contributed by atoms with Gasteiger partial charge >= 0.3 is 0 Å². The quantitative estimate of drug-likeness (QED) is 0.229. The highest BCUT2D eigenvalue weighted by atomic mass is 16.4. The summed E-state index contributed by atoms with van der Waals surface area (Å²) in [4.78, 5) is 23.1.